The lowest BCUT2D eigenvalue weighted by molar-refractivity contribution is -0.154. The van der Waals surface area contributed by atoms with Gasteiger partial charge in [-0.25, -0.2) is 9.78 Å². The third-order valence-electron chi connectivity index (χ3n) is 2.69. The van der Waals surface area contributed by atoms with Crippen molar-refractivity contribution >= 4 is 11.9 Å². The predicted octanol–water partition coefficient (Wildman–Crippen LogP) is 2.25. The summed E-state index contributed by atoms with van der Waals surface area (Å²) < 4.78 is 40.4. The summed E-state index contributed by atoms with van der Waals surface area (Å²) in [4.78, 5) is 26.6. The standard InChI is InChI=1S/C14H17F3N2O4/c1-8(2)5-10(13(21)22)19-12(20)9-3-4-11(18-6-9)23-7-14(15,16)17/h3-4,6,8,10H,5,7H2,1-2H3,(H,19,20)(H,21,22)/t10-/m1/s1. The van der Waals surface area contributed by atoms with Gasteiger partial charge in [-0.2, -0.15) is 13.2 Å². The number of nitrogens with one attached hydrogen (secondary N) is 1. The molecular formula is C14H17F3N2O4. The number of carboxylic acid groups (broad SMARTS) is 1. The molecule has 1 aromatic heterocycles. The Bertz CT molecular complexity index is 544. The maximum absolute atomic E-state index is 12.0. The van der Waals surface area contributed by atoms with Gasteiger partial charge in [0.2, 0.25) is 5.88 Å². The van der Waals surface area contributed by atoms with Gasteiger partial charge in [0, 0.05) is 12.3 Å². The minimum absolute atomic E-state index is 0.0272. The van der Waals surface area contributed by atoms with Gasteiger partial charge in [0.1, 0.15) is 6.04 Å². The molecule has 0 aromatic carbocycles. The molecule has 128 valence electrons. The van der Waals surface area contributed by atoms with Gasteiger partial charge in [-0.3, -0.25) is 4.79 Å². The van der Waals surface area contributed by atoms with E-state index in [1.165, 1.54) is 6.07 Å². The van der Waals surface area contributed by atoms with Crippen LogP contribution in [0.4, 0.5) is 13.2 Å². The highest BCUT2D eigenvalue weighted by atomic mass is 19.4. The first-order valence-corrected chi connectivity index (χ1v) is 6.77. The Balaban J connectivity index is 2.67. The monoisotopic (exact) mass is 334 g/mol. The van der Waals surface area contributed by atoms with Gasteiger partial charge in [-0.1, -0.05) is 13.8 Å². The average molecular weight is 334 g/mol. The second kappa shape index (κ2) is 7.80. The van der Waals surface area contributed by atoms with Gasteiger partial charge in [-0.05, 0) is 18.4 Å². The van der Waals surface area contributed by atoms with E-state index in [0.29, 0.717) is 0 Å². The van der Waals surface area contributed by atoms with Gasteiger partial charge in [0.05, 0.1) is 5.56 Å². The number of pyridine rings is 1. The number of amides is 1. The molecule has 23 heavy (non-hydrogen) atoms. The Labute approximate surface area is 130 Å². The predicted molar refractivity (Wildman–Crippen MR) is 74.1 cm³/mol. The number of halogens is 3. The fraction of sp³-hybridized carbons (Fsp3) is 0.500. The summed E-state index contributed by atoms with van der Waals surface area (Å²) in [5, 5.41) is 11.4. The van der Waals surface area contributed by atoms with Crippen LogP contribution in [-0.2, 0) is 4.79 Å². The molecule has 0 saturated heterocycles. The van der Waals surface area contributed by atoms with Crippen molar-refractivity contribution in [1.82, 2.24) is 10.3 Å². The Morgan fingerprint density at radius 3 is 2.43 bits per heavy atom. The highest BCUT2D eigenvalue weighted by molar-refractivity contribution is 5.96. The molecule has 6 nitrogen and oxygen atoms in total. The Kier molecular flexibility index (Phi) is 6.35. The molecule has 0 unspecified atom stereocenters. The number of ether oxygens (including phenoxy) is 1. The van der Waals surface area contributed by atoms with Crippen molar-refractivity contribution < 1.29 is 32.6 Å². The van der Waals surface area contributed by atoms with Crippen molar-refractivity contribution in [1.29, 1.82) is 0 Å². The van der Waals surface area contributed by atoms with Gasteiger partial charge in [0.15, 0.2) is 6.61 Å². The van der Waals surface area contributed by atoms with Crippen LogP contribution in [0.5, 0.6) is 5.88 Å². The van der Waals surface area contributed by atoms with E-state index in [0.717, 1.165) is 12.3 Å². The highest BCUT2D eigenvalue weighted by Crippen LogP contribution is 2.17. The average Bonchev–Trinajstić information content (AvgIpc) is 2.43. The zero-order valence-electron chi connectivity index (χ0n) is 12.6. The Morgan fingerprint density at radius 1 is 1.35 bits per heavy atom. The molecule has 0 aliphatic carbocycles. The number of hydrogen-bond donors (Lipinski definition) is 2. The van der Waals surface area contributed by atoms with Crippen LogP contribution in [0.1, 0.15) is 30.6 Å². The molecule has 1 atom stereocenters. The summed E-state index contributed by atoms with van der Waals surface area (Å²) in [6, 6.07) is 1.27. The lowest BCUT2D eigenvalue weighted by atomic mass is 10.0. The molecule has 0 fully saturated rings. The number of alkyl halides is 3. The molecule has 0 saturated carbocycles. The largest absolute Gasteiger partial charge is 0.480 e. The van der Waals surface area contributed by atoms with E-state index in [9.17, 15) is 22.8 Å². The van der Waals surface area contributed by atoms with Gasteiger partial charge >= 0.3 is 12.1 Å². The maximum Gasteiger partial charge on any atom is 0.422 e. The molecule has 1 amide bonds. The van der Waals surface area contributed by atoms with E-state index in [4.69, 9.17) is 5.11 Å². The van der Waals surface area contributed by atoms with Crippen LogP contribution in [0.2, 0.25) is 0 Å². The molecule has 0 radical (unpaired) electrons. The Hall–Kier alpha value is -2.32. The number of carboxylic acids is 1. The number of hydrogen-bond acceptors (Lipinski definition) is 4. The zero-order valence-corrected chi connectivity index (χ0v) is 12.6. The third kappa shape index (κ3) is 6.98. The number of rotatable bonds is 7. The van der Waals surface area contributed by atoms with Gasteiger partial charge < -0.3 is 15.2 Å². The molecule has 1 heterocycles. The number of carbonyl (C=O) groups is 2. The summed E-state index contributed by atoms with van der Waals surface area (Å²) in [6.45, 7) is 2.15. The smallest absolute Gasteiger partial charge is 0.422 e. The molecule has 1 aromatic rings. The topological polar surface area (TPSA) is 88.5 Å². The van der Waals surface area contributed by atoms with Crippen LogP contribution in [0.25, 0.3) is 0 Å². The first-order valence-electron chi connectivity index (χ1n) is 6.77. The molecule has 0 spiro atoms. The maximum atomic E-state index is 12.0. The molecular weight excluding hydrogens is 317 g/mol. The highest BCUT2D eigenvalue weighted by Gasteiger charge is 2.28. The van der Waals surface area contributed by atoms with E-state index in [2.05, 4.69) is 15.0 Å². The number of aromatic nitrogens is 1. The van der Waals surface area contributed by atoms with Crippen LogP contribution >= 0.6 is 0 Å². The summed E-state index contributed by atoms with van der Waals surface area (Å²) in [5.41, 5.74) is 0.0272. The van der Waals surface area contributed by atoms with Crippen LogP contribution in [0.15, 0.2) is 18.3 Å². The number of carbonyl (C=O) groups excluding carboxylic acids is 1. The summed E-state index contributed by atoms with van der Waals surface area (Å²) >= 11 is 0. The van der Waals surface area contributed by atoms with Crippen molar-refractivity contribution in [3.8, 4) is 5.88 Å². The van der Waals surface area contributed by atoms with Crippen LogP contribution < -0.4 is 10.1 Å². The first kappa shape index (κ1) is 18.7. The SMILES string of the molecule is CC(C)C[C@@H](NC(=O)c1ccc(OCC(F)(F)F)nc1)C(=O)O. The van der Waals surface area contributed by atoms with Crippen LogP contribution in [-0.4, -0.2) is 40.8 Å². The minimum atomic E-state index is -4.48. The first-order chi connectivity index (χ1) is 10.6. The van der Waals surface area contributed by atoms with E-state index < -0.39 is 30.7 Å². The number of nitrogens with zero attached hydrogens (tertiary/aromatic N) is 1. The Morgan fingerprint density at radius 2 is 2.00 bits per heavy atom. The fourth-order valence-electron chi connectivity index (χ4n) is 1.69. The van der Waals surface area contributed by atoms with Crippen molar-refractivity contribution in [2.45, 2.75) is 32.5 Å². The molecule has 0 aliphatic heterocycles. The lowest BCUT2D eigenvalue weighted by Gasteiger charge is -2.16. The van der Waals surface area contributed by atoms with Crippen molar-refractivity contribution in [3.05, 3.63) is 23.9 Å². The van der Waals surface area contributed by atoms with Crippen LogP contribution in [0.3, 0.4) is 0 Å². The second-order valence-electron chi connectivity index (χ2n) is 5.28. The zero-order chi connectivity index (χ0) is 17.6. The fourth-order valence-corrected chi connectivity index (χ4v) is 1.69. The molecule has 9 heteroatoms. The minimum Gasteiger partial charge on any atom is -0.480 e. The van der Waals surface area contributed by atoms with Gasteiger partial charge in [-0.15, -0.1) is 0 Å². The summed E-state index contributed by atoms with van der Waals surface area (Å²) in [7, 11) is 0. The van der Waals surface area contributed by atoms with Crippen molar-refractivity contribution in [2.75, 3.05) is 6.61 Å². The lowest BCUT2D eigenvalue weighted by Crippen LogP contribution is -2.41. The molecule has 1 rings (SSSR count). The van der Waals surface area contributed by atoms with E-state index in [1.54, 1.807) is 0 Å². The quantitative estimate of drug-likeness (QED) is 0.798. The molecule has 2 N–H and O–H groups in total. The molecule has 0 aliphatic rings. The third-order valence-corrected chi connectivity index (χ3v) is 2.69. The van der Waals surface area contributed by atoms with E-state index in [-0.39, 0.29) is 23.8 Å². The summed E-state index contributed by atoms with van der Waals surface area (Å²) in [5.74, 6) is -2.05. The normalized spacial score (nSPS) is 12.8. The van der Waals surface area contributed by atoms with E-state index >= 15 is 0 Å². The van der Waals surface area contributed by atoms with Crippen molar-refractivity contribution in [3.63, 3.8) is 0 Å². The van der Waals surface area contributed by atoms with Crippen molar-refractivity contribution in [2.24, 2.45) is 5.92 Å². The molecule has 0 bridgehead atoms. The number of aliphatic carboxylic acids is 1. The van der Waals surface area contributed by atoms with Crippen LogP contribution in [0, 0.1) is 5.92 Å². The van der Waals surface area contributed by atoms with E-state index in [1.807, 2.05) is 13.8 Å². The summed E-state index contributed by atoms with van der Waals surface area (Å²) in [6.07, 6.45) is -3.21. The second-order valence-corrected chi connectivity index (χ2v) is 5.28. The van der Waals surface area contributed by atoms with Gasteiger partial charge in [0.25, 0.3) is 5.91 Å².